The summed E-state index contributed by atoms with van der Waals surface area (Å²) in [6, 6.07) is 0.253. The Hall–Kier alpha value is -0.830. The van der Waals surface area contributed by atoms with Gasteiger partial charge in [-0.15, -0.1) is 0 Å². The van der Waals surface area contributed by atoms with Crippen LogP contribution in [0.3, 0.4) is 0 Å². The second-order valence-corrected chi connectivity index (χ2v) is 3.64. The Morgan fingerprint density at radius 3 is 2.85 bits per heavy atom. The second kappa shape index (κ2) is 4.42. The molecule has 0 aromatic heterocycles. The maximum Gasteiger partial charge on any atom is 0.163 e. The monoisotopic (exact) mass is 182 g/mol. The summed E-state index contributed by atoms with van der Waals surface area (Å²) in [7, 11) is 3.89. The minimum Gasteiger partial charge on any atom is -0.383 e. The first-order chi connectivity index (χ1) is 6.15. The zero-order chi connectivity index (χ0) is 9.84. The first-order valence-corrected chi connectivity index (χ1v) is 4.80. The van der Waals surface area contributed by atoms with Crippen molar-refractivity contribution in [1.29, 1.82) is 0 Å². The molecule has 1 fully saturated rings. The molecular formula is C10H18N2O. The zero-order valence-electron chi connectivity index (χ0n) is 8.63. The SMILES string of the molecule is CCC1NCCC(=O)C1=CN(C)C. The number of carbonyl (C=O) groups excluding carboxylic acids is 1. The molecule has 1 saturated heterocycles. The highest BCUT2D eigenvalue weighted by Gasteiger charge is 2.23. The van der Waals surface area contributed by atoms with E-state index < -0.39 is 0 Å². The van der Waals surface area contributed by atoms with Gasteiger partial charge in [-0.05, 0) is 6.42 Å². The predicted molar refractivity (Wildman–Crippen MR) is 53.5 cm³/mol. The second-order valence-electron chi connectivity index (χ2n) is 3.64. The summed E-state index contributed by atoms with van der Waals surface area (Å²) in [6.45, 7) is 2.92. The van der Waals surface area contributed by atoms with E-state index in [1.807, 2.05) is 25.2 Å². The number of nitrogens with one attached hydrogen (secondary N) is 1. The number of rotatable bonds is 2. The van der Waals surface area contributed by atoms with Gasteiger partial charge >= 0.3 is 0 Å². The van der Waals surface area contributed by atoms with E-state index in [1.165, 1.54) is 0 Å². The smallest absolute Gasteiger partial charge is 0.163 e. The summed E-state index contributed by atoms with van der Waals surface area (Å²) >= 11 is 0. The van der Waals surface area contributed by atoms with Gasteiger partial charge in [-0.1, -0.05) is 6.92 Å². The van der Waals surface area contributed by atoms with Crippen LogP contribution in [0.1, 0.15) is 19.8 Å². The van der Waals surface area contributed by atoms with Gasteiger partial charge in [0.05, 0.1) is 0 Å². The van der Waals surface area contributed by atoms with Gasteiger partial charge in [-0.3, -0.25) is 4.79 Å². The van der Waals surface area contributed by atoms with Crippen LogP contribution >= 0.6 is 0 Å². The van der Waals surface area contributed by atoms with Crippen molar-refractivity contribution in [3.8, 4) is 0 Å². The van der Waals surface area contributed by atoms with E-state index in [-0.39, 0.29) is 6.04 Å². The minimum atomic E-state index is 0.253. The van der Waals surface area contributed by atoms with Gasteiger partial charge in [0, 0.05) is 44.9 Å². The molecule has 0 spiro atoms. The molecule has 0 aliphatic carbocycles. The van der Waals surface area contributed by atoms with Crippen molar-refractivity contribution >= 4 is 5.78 Å². The fraction of sp³-hybridized carbons (Fsp3) is 0.700. The van der Waals surface area contributed by atoms with E-state index in [2.05, 4.69) is 12.2 Å². The molecule has 0 bridgehead atoms. The lowest BCUT2D eigenvalue weighted by atomic mass is 9.95. The lowest BCUT2D eigenvalue weighted by molar-refractivity contribution is -0.116. The Bertz CT molecular complexity index is 221. The molecule has 1 unspecified atom stereocenters. The Balaban J connectivity index is 2.79. The molecule has 3 nitrogen and oxygen atoms in total. The summed E-state index contributed by atoms with van der Waals surface area (Å²) in [5, 5.41) is 3.34. The lowest BCUT2D eigenvalue weighted by Gasteiger charge is -2.25. The third kappa shape index (κ3) is 2.56. The van der Waals surface area contributed by atoms with Crippen LogP contribution in [0.4, 0.5) is 0 Å². The van der Waals surface area contributed by atoms with Gasteiger partial charge in [-0.2, -0.15) is 0 Å². The van der Waals surface area contributed by atoms with Gasteiger partial charge in [0.25, 0.3) is 0 Å². The molecule has 1 atom stereocenters. The maximum atomic E-state index is 11.6. The van der Waals surface area contributed by atoms with Crippen LogP contribution in [0, 0.1) is 0 Å². The van der Waals surface area contributed by atoms with Gasteiger partial charge in [0.2, 0.25) is 0 Å². The topological polar surface area (TPSA) is 32.3 Å². The van der Waals surface area contributed by atoms with Crippen molar-refractivity contribution in [3.05, 3.63) is 11.8 Å². The van der Waals surface area contributed by atoms with Gasteiger partial charge in [-0.25, -0.2) is 0 Å². The molecule has 1 aliphatic heterocycles. The fourth-order valence-electron chi connectivity index (χ4n) is 1.61. The van der Waals surface area contributed by atoms with E-state index in [0.717, 1.165) is 18.5 Å². The molecule has 1 N–H and O–H groups in total. The molecule has 74 valence electrons. The summed E-state index contributed by atoms with van der Waals surface area (Å²) in [4.78, 5) is 13.5. The van der Waals surface area contributed by atoms with E-state index in [0.29, 0.717) is 12.2 Å². The molecule has 1 heterocycles. The Kier molecular flexibility index (Phi) is 3.48. The molecule has 3 heteroatoms. The van der Waals surface area contributed by atoms with Crippen LogP contribution in [0.15, 0.2) is 11.8 Å². The number of hydrogen-bond donors (Lipinski definition) is 1. The summed E-state index contributed by atoms with van der Waals surface area (Å²) in [5.41, 5.74) is 0.929. The van der Waals surface area contributed by atoms with Crippen LogP contribution < -0.4 is 5.32 Å². The molecule has 0 amide bonds. The van der Waals surface area contributed by atoms with Crippen molar-refractivity contribution < 1.29 is 4.79 Å². The largest absolute Gasteiger partial charge is 0.383 e. The van der Waals surface area contributed by atoms with Crippen molar-refractivity contribution in [2.24, 2.45) is 0 Å². The molecule has 0 saturated carbocycles. The minimum absolute atomic E-state index is 0.253. The van der Waals surface area contributed by atoms with E-state index in [1.54, 1.807) is 0 Å². The fourth-order valence-corrected chi connectivity index (χ4v) is 1.61. The van der Waals surface area contributed by atoms with Crippen molar-refractivity contribution in [3.63, 3.8) is 0 Å². The van der Waals surface area contributed by atoms with E-state index in [4.69, 9.17) is 0 Å². The van der Waals surface area contributed by atoms with Crippen LogP contribution in [0.25, 0.3) is 0 Å². The van der Waals surface area contributed by atoms with Gasteiger partial charge in [0.15, 0.2) is 5.78 Å². The summed E-state index contributed by atoms with van der Waals surface area (Å²) in [5.74, 6) is 0.291. The molecule has 0 aromatic carbocycles. The molecule has 0 radical (unpaired) electrons. The highest BCUT2D eigenvalue weighted by Crippen LogP contribution is 2.14. The van der Waals surface area contributed by atoms with Crippen molar-refractivity contribution in [2.75, 3.05) is 20.6 Å². The van der Waals surface area contributed by atoms with Crippen LogP contribution in [-0.2, 0) is 4.79 Å². The number of piperidine rings is 1. The highest BCUT2D eigenvalue weighted by molar-refractivity contribution is 5.97. The molecule has 0 aromatic rings. The molecule has 1 aliphatic rings. The van der Waals surface area contributed by atoms with Crippen LogP contribution in [0.2, 0.25) is 0 Å². The number of carbonyl (C=O) groups is 1. The Morgan fingerprint density at radius 2 is 2.31 bits per heavy atom. The standard InChI is InChI=1S/C10H18N2O/c1-4-9-8(7-12(2)3)10(13)5-6-11-9/h7,9,11H,4-6H2,1-3H3. The van der Waals surface area contributed by atoms with Crippen molar-refractivity contribution in [2.45, 2.75) is 25.8 Å². The Morgan fingerprint density at radius 1 is 1.62 bits per heavy atom. The average molecular weight is 182 g/mol. The normalized spacial score (nSPS) is 26.5. The predicted octanol–water partition coefficient (Wildman–Crippen LogP) is 0.773. The summed E-state index contributed by atoms with van der Waals surface area (Å²) < 4.78 is 0. The molecular weight excluding hydrogens is 164 g/mol. The number of nitrogens with zero attached hydrogens (tertiary/aromatic N) is 1. The number of hydrogen-bond acceptors (Lipinski definition) is 3. The lowest BCUT2D eigenvalue weighted by Crippen LogP contribution is -2.40. The average Bonchev–Trinajstić information content (AvgIpc) is 2.08. The number of ketones is 1. The molecule has 13 heavy (non-hydrogen) atoms. The quantitative estimate of drug-likeness (QED) is 0.640. The van der Waals surface area contributed by atoms with Crippen LogP contribution in [-0.4, -0.2) is 37.4 Å². The first-order valence-electron chi connectivity index (χ1n) is 4.80. The maximum absolute atomic E-state index is 11.6. The zero-order valence-corrected chi connectivity index (χ0v) is 8.63. The van der Waals surface area contributed by atoms with E-state index in [9.17, 15) is 4.79 Å². The molecule has 1 rings (SSSR count). The van der Waals surface area contributed by atoms with Gasteiger partial charge in [0.1, 0.15) is 0 Å². The summed E-state index contributed by atoms with van der Waals surface area (Å²) in [6.07, 6.45) is 3.55. The third-order valence-corrected chi connectivity index (χ3v) is 2.25. The van der Waals surface area contributed by atoms with Crippen LogP contribution in [0.5, 0.6) is 0 Å². The highest BCUT2D eigenvalue weighted by atomic mass is 16.1. The van der Waals surface area contributed by atoms with Gasteiger partial charge < -0.3 is 10.2 Å². The van der Waals surface area contributed by atoms with E-state index >= 15 is 0 Å². The number of Topliss-reactive ketones (excluding diaryl/α,β-unsaturated/α-hetero) is 1. The Labute approximate surface area is 79.8 Å². The first kappa shape index (κ1) is 10.3. The van der Waals surface area contributed by atoms with Crippen molar-refractivity contribution in [1.82, 2.24) is 10.2 Å². The third-order valence-electron chi connectivity index (χ3n) is 2.25.